The van der Waals surface area contributed by atoms with Gasteiger partial charge in [0.05, 0.1) is 16.5 Å². The molecule has 0 aliphatic rings. The molecule has 3 rings (SSSR count). The highest BCUT2D eigenvalue weighted by Crippen LogP contribution is 2.30. The quantitative estimate of drug-likeness (QED) is 0.523. The molecule has 112 valence electrons. The molecule has 0 atom stereocenters. The Hall–Kier alpha value is -1.99. The Morgan fingerprint density at radius 1 is 1.23 bits per heavy atom. The Morgan fingerprint density at radius 3 is 2.68 bits per heavy atom. The molecule has 0 aliphatic heterocycles. The lowest BCUT2D eigenvalue weighted by Gasteiger charge is -1.97. The number of carbonyl (C=O) groups excluding carboxylic acids is 1. The first-order valence-electron chi connectivity index (χ1n) is 6.62. The van der Waals surface area contributed by atoms with Crippen molar-refractivity contribution in [3.05, 3.63) is 46.6 Å². The first-order valence-corrected chi connectivity index (χ1v) is 8.42. The number of thiazole rings is 1. The van der Waals surface area contributed by atoms with Gasteiger partial charge < -0.3 is 4.42 Å². The fraction of sp³-hybridized carbons (Fsp3) is 0.200. The molecule has 0 radical (unpaired) electrons. The third kappa shape index (κ3) is 3.26. The lowest BCUT2D eigenvalue weighted by atomic mass is 10.2. The van der Waals surface area contributed by atoms with E-state index in [1.807, 2.05) is 32.0 Å². The Morgan fingerprint density at radius 2 is 2.00 bits per heavy atom. The molecule has 2 aromatic heterocycles. The molecular formula is C15H13N3O2S2. The number of thioether (sulfide) groups is 1. The van der Waals surface area contributed by atoms with Crippen molar-refractivity contribution in [1.82, 2.24) is 15.2 Å². The van der Waals surface area contributed by atoms with Crippen molar-refractivity contribution in [2.24, 2.45) is 0 Å². The number of carbonyl (C=O) groups is 1. The van der Waals surface area contributed by atoms with Crippen molar-refractivity contribution in [2.45, 2.75) is 19.1 Å². The summed E-state index contributed by atoms with van der Waals surface area (Å²) < 4.78 is 5.61. The van der Waals surface area contributed by atoms with E-state index in [-0.39, 0.29) is 11.5 Å². The normalized spacial score (nSPS) is 10.8. The summed E-state index contributed by atoms with van der Waals surface area (Å²) in [5, 5.41) is 9.37. The molecule has 0 N–H and O–H groups in total. The molecule has 22 heavy (non-hydrogen) atoms. The molecule has 0 fully saturated rings. The molecule has 0 saturated heterocycles. The molecule has 1 aromatic carbocycles. The van der Waals surface area contributed by atoms with E-state index in [2.05, 4.69) is 15.2 Å². The van der Waals surface area contributed by atoms with Gasteiger partial charge in [0.15, 0.2) is 5.78 Å². The summed E-state index contributed by atoms with van der Waals surface area (Å²) in [6, 6.07) is 9.17. The van der Waals surface area contributed by atoms with Gasteiger partial charge in [-0.2, -0.15) is 0 Å². The smallest absolute Gasteiger partial charge is 0.277 e. The summed E-state index contributed by atoms with van der Waals surface area (Å²) in [4.78, 5) is 17.3. The molecule has 3 aromatic rings. The highest BCUT2D eigenvalue weighted by molar-refractivity contribution is 7.99. The monoisotopic (exact) mass is 331 g/mol. The topological polar surface area (TPSA) is 68.9 Å². The number of aromatic nitrogens is 3. The minimum atomic E-state index is 0.0372. The maximum absolute atomic E-state index is 12.0. The zero-order chi connectivity index (χ0) is 15.5. The van der Waals surface area contributed by atoms with Crippen LogP contribution >= 0.6 is 23.1 Å². The summed E-state index contributed by atoms with van der Waals surface area (Å²) >= 11 is 2.76. The van der Waals surface area contributed by atoms with Crippen molar-refractivity contribution < 1.29 is 9.21 Å². The molecule has 0 unspecified atom stereocenters. The summed E-state index contributed by atoms with van der Waals surface area (Å²) in [5.41, 5.74) is 1.56. The highest BCUT2D eigenvalue weighted by atomic mass is 32.2. The van der Waals surface area contributed by atoms with E-state index < -0.39 is 0 Å². The molecule has 7 heteroatoms. The van der Waals surface area contributed by atoms with Crippen LogP contribution in [0.4, 0.5) is 0 Å². The van der Waals surface area contributed by atoms with Crippen molar-refractivity contribution in [1.29, 1.82) is 0 Å². The van der Waals surface area contributed by atoms with E-state index in [9.17, 15) is 4.79 Å². The van der Waals surface area contributed by atoms with Gasteiger partial charge in [-0.05, 0) is 13.8 Å². The summed E-state index contributed by atoms with van der Waals surface area (Å²) in [5.74, 6) is 0.764. The second-order valence-corrected chi connectivity index (χ2v) is 6.73. The zero-order valence-electron chi connectivity index (χ0n) is 12.1. The molecule has 0 aliphatic carbocycles. The van der Waals surface area contributed by atoms with Gasteiger partial charge in [-0.3, -0.25) is 4.79 Å². The third-order valence-electron chi connectivity index (χ3n) is 2.93. The first kappa shape index (κ1) is 14.9. The van der Waals surface area contributed by atoms with Gasteiger partial charge in [0, 0.05) is 5.56 Å². The minimum absolute atomic E-state index is 0.0372. The Bertz CT molecular complexity index is 796. The third-order valence-corrected chi connectivity index (χ3v) is 4.81. The number of rotatable bonds is 5. The van der Waals surface area contributed by atoms with E-state index in [1.54, 1.807) is 12.1 Å². The lowest BCUT2D eigenvalue weighted by Crippen LogP contribution is -2.01. The number of aryl methyl sites for hydroxylation is 2. The van der Waals surface area contributed by atoms with Crippen LogP contribution in [0.15, 0.2) is 40.0 Å². The number of benzene rings is 1. The Balaban J connectivity index is 1.68. The molecule has 0 amide bonds. The summed E-state index contributed by atoms with van der Waals surface area (Å²) in [6.45, 7) is 3.85. The van der Waals surface area contributed by atoms with Gasteiger partial charge >= 0.3 is 0 Å². The van der Waals surface area contributed by atoms with Crippen LogP contribution in [-0.4, -0.2) is 26.7 Å². The predicted molar refractivity (Wildman–Crippen MR) is 86.4 cm³/mol. The van der Waals surface area contributed by atoms with Gasteiger partial charge in [-0.15, -0.1) is 21.5 Å². The number of nitrogens with zero attached hydrogens (tertiary/aromatic N) is 3. The van der Waals surface area contributed by atoms with Crippen molar-refractivity contribution in [3.63, 3.8) is 0 Å². The molecular weight excluding hydrogens is 318 g/mol. The van der Waals surface area contributed by atoms with Crippen LogP contribution in [0.3, 0.4) is 0 Å². The number of hydrogen-bond donors (Lipinski definition) is 0. The van der Waals surface area contributed by atoms with Gasteiger partial charge in [0.1, 0.15) is 4.88 Å². The first-order chi connectivity index (χ1) is 10.6. The van der Waals surface area contributed by atoms with Crippen LogP contribution in [0.25, 0.3) is 10.8 Å². The Labute approximate surface area is 135 Å². The van der Waals surface area contributed by atoms with Gasteiger partial charge in [0.25, 0.3) is 11.1 Å². The van der Waals surface area contributed by atoms with Gasteiger partial charge in [-0.1, -0.05) is 42.1 Å². The van der Waals surface area contributed by atoms with E-state index in [0.717, 1.165) is 15.6 Å². The van der Waals surface area contributed by atoms with E-state index >= 15 is 0 Å². The van der Waals surface area contributed by atoms with Crippen molar-refractivity contribution >= 4 is 28.9 Å². The van der Waals surface area contributed by atoms with Crippen LogP contribution in [0.2, 0.25) is 0 Å². The fourth-order valence-corrected chi connectivity index (χ4v) is 3.42. The maximum atomic E-state index is 12.0. The van der Waals surface area contributed by atoms with Crippen LogP contribution in [0.5, 0.6) is 0 Å². The van der Waals surface area contributed by atoms with Crippen molar-refractivity contribution in [3.8, 4) is 10.8 Å². The molecule has 0 spiro atoms. The Kier molecular flexibility index (Phi) is 4.35. The number of Topliss-reactive ketones (excluding diaryl/α,β-unsaturated/α-hetero) is 1. The average molecular weight is 331 g/mol. The standard InChI is InChI=1S/C15H13N3O2S2/c1-9-13(22-10(2)16-9)14-17-18-15(20-14)21-8-12(19)11-6-4-3-5-7-11/h3-7H,8H2,1-2H3. The van der Waals surface area contributed by atoms with Gasteiger partial charge in [0.2, 0.25) is 0 Å². The molecule has 2 heterocycles. The fourth-order valence-electron chi connectivity index (χ4n) is 1.92. The van der Waals surface area contributed by atoms with E-state index in [1.165, 1.54) is 23.1 Å². The summed E-state index contributed by atoms with van der Waals surface area (Å²) in [6.07, 6.45) is 0. The van der Waals surface area contributed by atoms with Crippen LogP contribution < -0.4 is 0 Å². The van der Waals surface area contributed by atoms with Crippen LogP contribution in [0, 0.1) is 13.8 Å². The minimum Gasteiger partial charge on any atom is -0.410 e. The van der Waals surface area contributed by atoms with E-state index in [4.69, 9.17) is 4.42 Å². The lowest BCUT2D eigenvalue weighted by molar-refractivity contribution is 0.102. The second kappa shape index (κ2) is 6.41. The summed E-state index contributed by atoms with van der Waals surface area (Å²) in [7, 11) is 0. The average Bonchev–Trinajstić information content (AvgIpc) is 3.12. The number of ketones is 1. The SMILES string of the molecule is Cc1nc(C)c(-c2nnc(SCC(=O)c3ccccc3)o2)s1. The molecule has 0 saturated carbocycles. The maximum Gasteiger partial charge on any atom is 0.277 e. The second-order valence-electron chi connectivity index (χ2n) is 4.60. The molecule has 0 bridgehead atoms. The highest BCUT2D eigenvalue weighted by Gasteiger charge is 2.16. The van der Waals surface area contributed by atoms with Crippen LogP contribution in [-0.2, 0) is 0 Å². The van der Waals surface area contributed by atoms with Crippen molar-refractivity contribution in [2.75, 3.05) is 5.75 Å². The predicted octanol–water partition coefficient (Wildman–Crippen LogP) is 3.78. The van der Waals surface area contributed by atoms with E-state index in [0.29, 0.717) is 16.7 Å². The number of hydrogen-bond acceptors (Lipinski definition) is 7. The zero-order valence-corrected chi connectivity index (χ0v) is 13.7. The largest absolute Gasteiger partial charge is 0.410 e. The molecule has 5 nitrogen and oxygen atoms in total. The van der Waals surface area contributed by atoms with Gasteiger partial charge in [-0.25, -0.2) is 4.98 Å². The van der Waals surface area contributed by atoms with Crippen LogP contribution in [0.1, 0.15) is 21.1 Å².